The van der Waals surface area contributed by atoms with Crippen LogP contribution in [0.2, 0.25) is 0 Å². The summed E-state index contributed by atoms with van der Waals surface area (Å²) in [5.74, 6) is 0. The van der Waals surface area contributed by atoms with Crippen LogP contribution in [0.1, 0.15) is 11.1 Å². The summed E-state index contributed by atoms with van der Waals surface area (Å²) in [6, 6.07) is 10.5. The lowest BCUT2D eigenvalue weighted by Crippen LogP contribution is -2.16. The summed E-state index contributed by atoms with van der Waals surface area (Å²) in [6.07, 6.45) is 0. The molecule has 0 atom stereocenters. The van der Waals surface area contributed by atoms with Crippen molar-refractivity contribution in [1.82, 2.24) is 0 Å². The maximum atomic E-state index is 11.5. The first-order valence-electron chi connectivity index (χ1n) is 6.43. The molecule has 0 saturated carbocycles. The van der Waals surface area contributed by atoms with Crippen molar-refractivity contribution in [1.29, 1.82) is 0 Å². The van der Waals surface area contributed by atoms with Crippen LogP contribution < -0.4 is 15.8 Å². The van der Waals surface area contributed by atoms with E-state index in [0.717, 1.165) is 16.8 Å². The molecule has 0 aliphatic rings. The second kappa shape index (κ2) is 5.38. The van der Waals surface area contributed by atoms with Crippen molar-refractivity contribution in [2.24, 2.45) is 5.14 Å². The maximum Gasteiger partial charge on any atom is 0.238 e. The Morgan fingerprint density at radius 3 is 2.24 bits per heavy atom. The molecule has 0 spiro atoms. The first kappa shape index (κ1) is 15.3. The Hall–Kier alpha value is -2.05. The van der Waals surface area contributed by atoms with Crippen molar-refractivity contribution in [2.45, 2.75) is 18.7 Å². The topological polar surface area (TPSA) is 89.4 Å². The zero-order chi connectivity index (χ0) is 15.8. The van der Waals surface area contributed by atoms with E-state index in [4.69, 9.17) is 10.9 Å². The molecule has 0 radical (unpaired) electrons. The lowest BCUT2D eigenvalue weighted by atomic mass is 10.1. The van der Waals surface area contributed by atoms with Gasteiger partial charge in [0.1, 0.15) is 0 Å². The second-order valence-electron chi connectivity index (χ2n) is 5.11. The summed E-state index contributed by atoms with van der Waals surface area (Å²) in [5, 5.41) is 5.18. The van der Waals surface area contributed by atoms with Gasteiger partial charge in [-0.1, -0.05) is 17.7 Å². The highest BCUT2D eigenvalue weighted by Gasteiger charge is 2.15. The van der Waals surface area contributed by atoms with Gasteiger partial charge in [-0.3, -0.25) is 0 Å². The number of benzene rings is 2. The van der Waals surface area contributed by atoms with Crippen molar-refractivity contribution in [3.05, 3.63) is 47.5 Å². The Bertz CT molecular complexity index is 786. The van der Waals surface area contributed by atoms with E-state index in [1.807, 2.05) is 37.9 Å². The van der Waals surface area contributed by atoms with Crippen LogP contribution in [0, 0.1) is 13.8 Å². The van der Waals surface area contributed by atoms with Crippen LogP contribution in [0.15, 0.2) is 41.3 Å². The summed E-state index contributed by atoms with van der Waals surface area (Å²) >= 11 is 0. The number of hydrogen-bond donors (Lipinski definition) is 2. The smallest absolute Gasteiger partial charge is 0.238 e. The van der Waals surface area contributed by atoms with Crippen LogP contribution in [-0.4, -0.2) is 15.5 Å². The summed E-state index contributed by atoms with van der Waals surface area (Å²) in [4.78, 5) is 1.90. The SMILES string of the molecule is Cc1ccc(N(C)c2cc(S(N)(=O)=O)ccc2N)c(C)c1. The highest BCUT2D eigenvalue weighted by atomic mass is 32.2. The molecule has 0 saturated heterocycles. The molecule has 2 aromatic carbocycles. The Morgan fingerprint density at radius 1 is 1.00 bits per heavy atom. The number of nitrogens with zero attached hydrogens (tertiary/aromatic N) is 1. The van der Waals surface area contributed by atoms with E-state index in [-0.39, 0.29) is 4.90 Å². The van der Waals surface area contributed by atoms with Gasteiger partial charge in [0.15, 0.2) is 0 Å². The van der Waals surface area contributed by atoms with E-state index in [1.165, 1.54) is 12.1 Å². The number of anilines is 3. The normalized spacial score (nSPS) is 11.4. The predicted molar refractivity (Wildman–Crippen MR) is 86.2 cm³/mol. The van der Waals surface area contributed by atoms with Gasteiger partial charge in [-0.05, 0) is 43.7 Å². The van der Waals surface area contributed by atoms with Gasteiger partial charge in [-0.15, -0.1) is 0 Å². The third-order valence-electron chi connectivity index (χ3n) is 3.41. The molecule has 0 aromatic heterocycles. The minimum atomic E-state index is -3.76. The molecule has 0 unspecified atom stereocenters. The first-order valence-corrected chi connectivity index (χ1v) is 7.98. The molecule has 0 aliphatic carbocycles. The fraction of sp³-hybridized carbons (Fsp3) is 0.200. The van der Waals surface area contributed by atoms with E-state index >= 15 is 0 Å². The quantitative estimate of drug-likeness (QED) is 0.851. The molecular formula is C15H19N3O2S. The number of rotatable bonds is 3. The zero-order valence-electron chi connectivity index (χ0n) is 12.3. The fourth-order valence-corrected chi connectivity index (χ4v) is 2.84. The first-order chi connectivity index (χ1) is 9.70. The molecule has 0 heterocycles. The molecule has 112 valence electrons. The molecular weight excluding hydrogens is 286 g/mol. The van der Waals surface area contributed by atoms with Gasteiger partial charge in [0.25, 0.3) is 0 Å². The van der Waals surface area contributed by atoms with Crippen LogP contribution in [0.5, 0.6) is 0 Å². The third kappa shape index (κ3) is 3.17. The molecule has 2 aromatic rings. The van der Waals surface area contributed by atoms with Crippen LogP contribution >= 0.6 is 0 Å². The van der Waals surface area contributed by atoms with E-state index in [9.17, 15) is 8.42 Å². The van der Waals surface area contributed by atoms with Gasteiger partial charge >= 0.3 is 0 Å². The average molecular weight is 305 g/mol. The van der Waals surface area contributed by atoms with Crippen LogP contribution in [0.25, 0.3) is 0 Å². The number of nitrogens with two attached hydrogens (primary N) is 2. The minimum absolute atomic E-state index is 0.0447. The molecule has 0 fully saturated rings. The van der Waals surface area contributed by atoms with Gasteiger partial charge in [0.2, 0.25) is 10.0 Å². The summed E-state index contributed by atoms with van der Waals surface area (Å²) in [5.41, 5.74) is 10.3. The van der Waals surface area contributed by atoms with E-state index in [1.54, 1.807) is 6.07 Å². The van der Waals surface area contributed by atoms with Crippen molar-refractivity contribution >= 4 is 27.1 Å². The number of primary sulfonamides is 1. The number of hydrogen-bond acceptors (Lipinski definition) is 4. The molecule has 6 heteroatoms. The molecule has 0 aliphatic heterocycles. The minimum Gasteiger partial charge on any atom is -0.397 e. The zero-order valence-corrected chi connectivity index (χ0v) is 13.1. The molecule has 5 nitrogen and oxygen atoms in total. The Balaban J connectivity index is 2.55. The number of nitrogen functional groups attached to an aromatic ring is 1. The Labute approximate surface area is 125 Å². The number of sulfonamides is 1. The Morgan fingerprint density at radius 2 is 1.67 bits per heavy atom. The summed E-state index contributed by atoms with van der Waals surface area (Å²) in [7, 11) is -1.91. The van der Waals surface area contributed by atoms with Crippen molar-refractivity contribution in [3.63, 3.8) is 0 Å². The van der Waals surface area contributed by atoms with Crippen molar-refractivity contribution in [2.75, 3.05) is 17.7 Å². The molecule has 2 rings (SSSR count). The average Bonchev–Trinajstić information content (AvgIpc) is 2.37. The fourth-order valence-electron chi connectivity index (χ4n) is 2.30. The monoisotopic (exact) mass is 305 g/mol. The van der Waals surface area contributed by atoms with Gasteiger partial charge in [-0.25, -0.2) is 13.6 Å². The van der Waals surface area contributed by atoms with E-state index in [0.29, 0.717) is 11.4 Å². The lowest BCUT2D eigenvalue weighted by molar-refractivity contribution is 0.598. The third-order valence-corrected chi connectivity index (χ3v) is 4.32. The van der Waals surface area contributed by atoms with Crippen LogP contribution in [0.4, 0.5) is 17.1 Å². The van der Waals surface area contributed by atoms with Gasteiger partial charge < -0.3 is 10.6 Å². The van der Waals surface area contributed by atoms with Crippen molar-refractivity contribution in [3.8, 4) is 0 Å². The highest BCUT2D eigenvalue weighted by Crippen LogP contribution is 2.32. The van der Waals surface area contributed by atoms with Gasteiger partial charge in [-0.2, -0.15) is 0 Å². The number of aryl methyl sites for hydroxylation is 2. The summed E-state index contributed by atoms with van der Waals surface area (Å²) < 4.78 is 23.0. The highest BCUT2D eigenvalue weighted by molar-refractivity contribution is 7.89. The van der Waals surface area contributed by atoms with Gasteiger partial charge in [0.05, 0.1) is 16.3 Å². The second-order valence-corrected chi connectivity index (χ2v) is 6.68. The Kier molecular flexibility index (Phi) is 3.93. The van der Waals surface area contributed by atoms with Crippen molar-refractivity contribution < 1.29 is 8.42 Å². The molecule has 4 N–H and O–H groups in total. The molecule has 0 amide bonds. The molecule has 21 heavy (non-hydrogen) atoms. The summed E-state index contributed by atoms with van der Waals surface area (Å²) in [6.45, 7) is 4.02. The van der Waals surface area contributed by atoms with E-state index < -0.39 is 10.0 Å². The standard InChI is InChI=1S/C15H19N3O2S/c1-10-4-7-14(11(2)8-10)18(3)15-9-12(21(17,19)20)5-6-13(15)16/h4-9H,16H2,1-3H3,(H2,17,19,20). The lowest BCUT2D eigenvalue weighted by Gasteiger charge is -2.24. The molecule has 0 bridgehead atoms. The predicted octanol–water partition coefficient (Wildman–Crippen LogP) is 2.30. The van der Waals surface area contributed by atoms with Crippen LogP contribution in [-0.2, 0) is 10.0 Å². The van der Waals surface area contributed by atoms with Gasteiger partial charge in [0, 0.05) is 12.7 Å². The maximum absolute atomic E-state index is 11.5. The largest absolute Gasteiger partial charge is 0.397 e. The van der Waals surface area contributed by atoms with Crippen LogP contribution in [0.3, 0.4) is 0 Å². The van der Waals surface area contributed by atoms with E-state index in [2.05, 4.69) is 6.07 Å².